The average molecular weight is 313 g/mol. The second kappa shape index (κ2) is 5.28. The summed E-state index contributed by atoms with van der Waals surface area (Å²) in [7, 11) is 1.60. The fraction of sp³-hybridized carbons (Fsp3) is 0.462. The molecule has 3 N–H and O–H groups in total. The van der Waals surface area contributed by atoms with Gasteiger partial charge in [-0.1, -0.05) is 6.42 Å². The van der Waals surface area contributed by atoms with Crippen LogP contribution in [0.4, 0.5) is 5.69 Å². The Bertz CT molecular complexity index is 453. The van der Waals surface area contributed by atoms with Gasteiger partial charge in [-0.2, -0.15) is 0 Å². The van der Waals surface area contributed by atoms with Crippen LogP contribution in [-0.4, -0.2) is 19.6 Å². The van der Waals surface area contributed by atoms with E-state index in [9.17, 15) is 4.79 Å². The van der Waals surface area contributed by atoms with Gasteiger partial charge in [0.1, 0.15) is 5.75 Å². The number of methoxy groups -OCH3 is 1. The molecule has 1 aliphatic rings. The van der Waals surface area contributed by atoms with Crippen LogP contribution >= 0.6 is 15.9 Å². The Morgan fingerprint density at radius 3 is 2.78 bits per heavy atom. The summed E-state index contributed by atoms with van der Waals surface area (Å²) < 4.78 is 6.06. The lowest BCUT2D eigenvalue weighted by Crippen LogP contribution is -2.47. The summed E-state index contributed by atoms with van der Waals surface area (Å²) in [6, 6.07) is 5.49. The number of nitrogens with two attached hydrogens (primary N) is 1. The Kier molecular flexibility index (Phi) is 3.92. The number of carbonyl (C=O) groups excluding carboxylic acids is 1. The van der Waals surface area contributed by atoms with Gasteiger partial charge in [0, 0.05) is 18.3 Å². The molecule has 4 nitrogen and oxygen atoms in total. The molecule has 1 aromatic rings. The number of halogens is 1. The number of hydrogen-bond donors (Lipinski definition) is 2. The molecule has 1 aliphatic carbocycles. The first-order valence-electron chi connectivity index (χ1n) is 5.96. The molecule has 1 amide bonds. The SMILES string of the molecule is COc1cc(NC(=O)C2(CN)CCC2)ccc1Br. The number of ether oxygens (including phenoxy) is 1. The van der Waals surface area contributed by atoms with Gasteiger partial charge in [0.2, 0.25) is 5.91 Å². The van der Waals surface area contributed by atoms with Crippen LogP contribution in [0.3, 0.4) is 0 Å². The minimum Gasteiger partial charge on any atom is -0.495 e. The van der Waals surface area contributed by atoms with Crippen LogP contribution in [0, 0.1) is 5.41 Å². The molecule has 0 bridgehead atoms. The predicted octanol–water partition coefficient (Wildman–Crippen LogP) is 2.53. The van der Waals surface area contributed by atoms with Crippen molar-refractivity contribution < 1.29 is 9.53 Å². The van der Waals surface area contributed by atoms with Gasteiger partial charge in [-0.05, 0) is 40.9 Å². The van der Waals surface area contributed by atoms with Crippen LogP contribution in [0.5, 0.6) is 5.75 Å². The van der Waals surface area contributed by atoms with Crippen molar-refractivity contribution in [2.24, 2.45) is 11.1 Å². The average Bonchev–Trinajstić information content (AvgIpc) is 2.31. The highest BCUT2D eigenvalue weighted by atomic mass is 79.9. The minimum atomic E-state index is -0.361. The van der Waals surface area contributed by atoms with Crippen LogP contribution in [0.2, 0.25) is 0 Å². The van der Waals surface area contributed by atoms with Crippen molar-refractivity contribution in [3.63, 3.8) is 0 Å². The van der Waals surface area contributed by atoms with Crippen molar-refractivity contribution in [3.05, 3.63) is 22.7 Å². The van der Waals surface area contributed by atoms with E-state index in [1.54, 1.807) is 13.2 Å². The Balaban J connectivity index is 2.12. The van der Waals surface area contributed by atoms with Crippen LogP contribution in [0.1, 0.15) is 19.3 Å². The van der Waals surface area contributed by atoms with Gasteiger partial charge in [0.05, 0.1) is 17.0 Å². The van der Waals surface area contributed by atoms with Gasteiger partial charge in [-0.25, -0.2) is 0 Å². The number of hydrogen-bond acceptors (Lipinski definition) is 3. The molecule has 0 spiro atoms. The maximum atomic E-state index is 12.2. The predicted molar refractivity (Wildman–Crippen MR) is 74.7 cm³/mol. The fourth-order valence-corrected chi connectivity index (χ4v) is 2.54. The van der Waals surface area contributed by atoms with Crippen molar-refractivity contribution in [1.29, 1.82) is 0 Å². The first-order chi connectivity index (χ1) is 8.61. The molecule has 18 heavy (non-hydrogen) atoms. The monoisotopic (exact) mass is 312 g/mol. The zero-order chi connectivity index (χ0) is 13.2. The van der Waals surface area contributed by atoms with E-state index in [4.69, 9.17) is 10.5 Å². The Hall–Kier alpha value is -1.07. The second-order valence-corrected chi connectivity index (χ2v) is 5.50. The van der Waals surface area contributed by atoms with E-state index >= 15 is 0 Å². The molecule has 0 radical (unpaired) electrons. The van der Waals surface area contributed by atoms with E-state index in [2.05, 4.69) is 21.2 Å². The molecule has 98 valence electrons. The largest absolute Gasteiger partial charge is 0.495 e. The van der Waals surface area contributed by atoms with Crippen molar-refractivity contribution in [2.45, 2.75) is 19.3 Å². The maximum absolute atomic E-state index is 12.2. The van der Waals surface area contributed by atoms with Crippen molar-refractivity contribution in [3.8, 4) is 5.75 Å². The van der Waals surface area contributed by atoms with E-state index < -0.39 is 0 Å². The normalized spacial score (nSPS) is 16.8. The summed E-state index contributed by atoms with van der Waals surface area (Å²) in [6.07, 6.45) is 2.83. The lowest BCUT2D eigenvalue weighted by Gasteiger charge is -2.39. The number of amides is 1. The maximum Gasteiger partial charge on any atom is 0.231 e. The standard InChI is InChI=1S/C13H17BrN2O2/c1-18-11-7-9(3-4-10(11)14)16-12(17)13(8-15)5-2-6-13/h3-4,7H,2,5-6,8,15H2,1H3,(H,16,17). The summed E-state index contributed by atoms with van der Waals surface area (Å²) in [5.74, 6) is 0.712. The quantitative estimate of drug-likeness (QED) is 0.898. The second-order valence-electron chi connectivity index (χ2n) is 4.64. The zero-order valence-corrected chi connectivity index (χ0v) is 11.9. The summed E-state index contributed by atoms with van der Waals surface area (Å²) in [5, 5.41) is 2.92. The fourth-order valence-electron chi connectivity index (χ4n) is 2.13. The third kappa shape index (κ3) is 2.37. The van der Waals surface area contributed by atoms with Gasteiger partial charge < -0.3 is 15.8 Å². The van der Waals surface area contributed by atoms with Crippen LogP contribution in [0.15, 0.2) is 22.7 Å². The van der Waals surface area contributed by atoms with E-state index in [1.807, 2.05) is 12.1 Å². The van der Waals surface area contributed by atoms with Gasteiger partial charge in [-0.3, -0.25) is 4.79 Å². The Morgan fingerprint density at radius 1 is 1.56 bits per heavy atom. The lowest BCUT2D eigenvalue weighted by atomic mass is 9.68. The van der Waals surface area contributed by atoms with Gasteiger partial charge >= 0.3 is 0 Å². The van der Waals surface area contributed by atoms with Crippen molar-refractivity contribution >= 4 is 27.5 Å². The first kappa shape index (κ1) is 13.4. The van der Waals surface area contributed by atoms with Gasteiger partial charge in [0.15, 0.2) is 0 Å². The number of benzene rings is 1. The third-order valence-corrected chi connectivity index (χ3v) is 4.25. The lowest BCUT2D eigenvalue weighted by molar-refractivity contribution is -0.129. The molecule has 1 aromatic carbocycles. The highest BCUT2D eigenvalue weighted by Crippen LogP contribution is 2.41. The molecule has 2 rings (SSSR count). The number of nitrogens with one attached hydrogen (secondary N) is 1. The summed E-state index contributed by atoms with van der Waals surface area (Å²) in [6.45, 7) is 0.409. The number of anilines is 1. The molecule has 0 saturated heterocycles. The highest BCUT2D eigenvalue weighted by molar-refractivity contribution is 9.10. The minimum absolute atomic E-state index is 0.0145. The van der Waals surface area contributed by atoms with Crippen molar-refractivity contribution in [1.82, 2.24) is 0 Å². The molecular weight excluding hydrogens is 296 g/mol. The van der Waals surface area contributed by atoms with Crippen LogP contribution in [0.25, 0.3) is 0 Å². The topological polar surface area (TPSA) is 64.3 Å². The smallest absolute Gasteiger partial charge is 0.231 e. The van der Waals surface area contributed by atoms with Crippen molar-refractivity contribution in [2.75, 3.05) is 19.0 Å². The van der Waals surface area contributed by atoms with Crippen LogP contribution in [-0.2, 0) is 4.79 Å². The van der Waals surface area contributed by atoms with Gasteiger partial charge in [0.25, 0.3) is 0 Å². The molecule has 0 unspecified atom stereocenters. The highest BCUT2D eigenvalue weighted by Gasteiger charge is 2.42. The summed E-state index contributed by atoms with van der Waals surface area (Å²) >= 11 is 3.38. The molecule has 0 atom stereocenters. The molecule has 1 saturated carbocycles. The summed E-state index contributed by atoms with van der Waals surface area (Å²) in [5.41, 5.74) is 6.09. The number of carbonyl (C=O) groups is 1. The number of rotatable bonds is 4. The van der Waals surface area contributed by atoms with Gasteiger partial charge in [-0.15, -0.1) is 0 Å². The zero-order valence-electron chi connectivity index (χ0n) is 10.3. The van der Waals surface area contributed by atoms with E-state index in [0.717, 1.165) is 29.4 Å². The molecule has 0 aliphatic heterocycles. The summed E-state index contributed by atoms with van der Waals surface area (Å²) in [4.78, 5) is 12.2. The Morgan fingerprint density at radius 2 is 2.28 bits per heavy atom. The molecule has 5 heteroatoms. The molecular formula is C13H17BrN2O2. The molecule has 1 fully saturated rings. The first-order valence-corrected chi connectivity index (χ1v) is 6.76. The van der Waals surface area contributed by atoms with E-state index in [1.165, 1.54) is 0 Å². The molecule has 0 heterocycles. The molecule has 0 aromatic heterocycles. The Labute approximate surface area is 115 Å². The van der Waals surface area contributed by atoms with E-state index in [-0.39, 0.29) is 11.3 Å². The third-order valence-electron chi connectivity index (χ3n) is 3.59. The van der Waals surface area contributed by atoms with Crippen LogP contribution < -0.4 is 15.8 Å². The van der Waals surface area contributed by atoms with E-state index in [0.29, 0.717) is 12.3 Å².